The van der Waals surface area contributed by atoms with Gasteiger partial charge in [-0.1, -0.05) is 126 Å². The number of nitrogens with one attached hydrogen (secondary N) is 4. The molecule has 690 valence electrons. The first kappa shape index (κ1) is 105. The minimum atomic E-state index is -1.33. The summed E-state index contributed by atoms with van der Waals surface area (Å²) in [6, 6.07) is 13.5. The van der Waals surface area contributed by atoms with E-state index in [2.05, 4.69) is 31.2 Å². The van der Waals surface area contributed by atoms with E-state index in [1.807, 2.05) is 112 Å². The van der Waals surface area contributed by atoms with Gasteiger partial charge in [0, 0.05) is 186 Å². The second-order valence-corrected chi connectivity index (χ2v) is 34.3. The number of urea groups is 1. The van der Waals surface area contributed by atoms with Gasteiger partial charge in [-0.15, -0.1) is 11.3 Å². The maximum atomic E-state index is 14.9. The van der Waals surface area contributed by atoms with Gasteiger partial charge in [-0.25, -0.2) is 14.6 Å². The SMILES string of the molecule is CC(C)[C@H](NC(=O)CCOCCOCCOCCOCCNC(=O)CCN1C(=O)CCC1=O)C(=O)C[C@H](C)CCCNC(N)=O.CC[C@H](C)[C@@H]([C@@H](CC(=O)N1CCC[C@H]1[C@H](CO)[C@@H](C)C(=O)C[C@@H](Cc1ccccc1)c1nccs1)OC)N(C)C(=O)[C@@H](CC(=O)[C@H](C(C)C)N(C)C(=O)OC(C(=O)N1CCN(C)CC1)c1ccc(NC(C)=O)cc1)C(C)C.[3H]C. The number of Topliss-reactive ketones (excluding diaryl/α,β-unsaturated/α-hetero) is 3. The summed E-state index contributed by atoms with van der Waals surface area (Å²) in [7, 11) is 7.93. The number of likely N-dealkylation sites (tertiary alicyclic amines) is 2. The number of ether oxygens (including phenoxy) is 6. The Balaban J connectivity index is 0.000000585. The molecular formula is C90H144N12O20S. The number of anilines is 1. The van der Waals surface area contributed by atoms with Crippen LogP contribution in [0.2, 0.25) is 0 Å². The molecule has 6 rings (SSSR count). The second-order valence-electron chi connectivity index (χ2n) is 33.4. The molecule has 123 heavy (non-hydrogen) atoms. The van der Waals surface area contributed by atoms with Crippen LogP contribution in [0, 0.1) is 47.3 Å². The van der Waals surface area contributed by atoms with Crippen LogP contribution < -0.4 is 27.0 Å². The van der Waals surface area contributed by atoms with Crippen molar-refractivity contribution in [2.24, 2.45) is 53.1 Å². The zero-order valence-electron chi connectivity index (χ0n) is 76.8. The highest BCUT2D eigenvalue weighted by atomic mass is 32.1. The lowest BCUT2D eigenvalue weighted by Crippen LogP contribution is -2.54. The molecule has 3 fully saturated rings. The van der Waals surface area contributed by atoms with E-state index in [1.165, 1.54) is 44.7 Å². The Bertz CT molecular complexity index is 3750. The summed E-state index contributed by atoms with van der Waals surface area (Å²) >= 11 is 1.53. The molecule has 32 nitrogen and oxygen atoms in total. The number of amides is 11. The first-order valence-electron chi connectivity index (χ1n) is 44.4. The minimum Gasteiger partial charge on any atom is -0.431 e. The topological polar surface area (TPSA) is 404 Å². The van der Waals surface area contributed by atoms with E-state index >= 15 is 0 Å². The molecule has 33 heteroatoms. The molecule has 3 aliphatic heterocycles. The van der Waals surface area contributed by atoms with Gasteiger partial charge in [0.2, 0.25) is 47.5 Å². The predicted octanol–water partition coefficient (Wildman–Crippen LogP) is 8.66. The summed E-state index contributed by atoms with van der Waals surface area (Å²) in [6.45, 7) is 26.4. The number of hydrogen-bond donors (Lipinski definition) is 6. The molecule has 7 N–H and O–H groups in total. The summed E-state index contributed by atoms with van der Waals surface area (Å²) in [5.41, 5.74) is 7.07. The van der Waals surface area contributed by atoms with Crippen LogP contribution in [0.4, 0.5) is 15.3 Å². The molecule has 2 aromatic carbocycles. The first-order valence-corrected chi connectivity index (χ1v) is 44.2. The van der Waals surface area contributed by atoms with Gasteiger partial charge in [0.05, 0.1) is 88.5 Å². The summed E-state index contributed by atoms with van der Waals surface area (Å²) in [5, 5.41) is 24.5. The number of likely N-dealkylation sites (N-methyl/N-ethyl adjacent to an activating group) is 3. The zero-order chi connectivity index (χ0) is 92.1. The summed E-state index contributed by atoms with van der Waals surface area (Å²) in [4.78, 5) is 183. The highest BCUT2D eigenvalue weighted by Gasteiger charge is 2.45. The minimum absolute atomic E-state index is 0.00939. The number of carbonyl (C=O) groups excluding carboxylic acids is 13. The van der Waals surface area contributed by atoms with E-state index in [9.17, 15) is 67.4 Å². The molecule has 0 aliphatic carbocycles. The number of imide groups is 1. The molecule has 11 amide bonds. The number of thiazole rings is 1. The fraction of sp³-hybridized carbons (Fsp3) is 0.689. The lowest BCUT2D eigenvalue weighted by molar-refractivity contribution is -0.148. The molecule has 0 spiro atoms. The first-order chi connectivity index (χ1) is 59.1. The van der Waals surface area contributed by atoms with E-state index in [-0.39, 0.29) is 159 Å². The maximum absolute atomic E-state index is 14.9. The van der Waals surface area contributed by atoms with Crippen molar-refractivity contribution in [3.05, 3.63) is 82.3 Å². The van der Waals surface area contributed by atoms with E-state index in [1.54, 1.807) is 52.2 Å². The Morgan fingerprint density at radius 3 is 1.88 bits per heavy atom. The molecule has 1 unspecified atom stereocenters. The van der Waals surface area contributed by atoms with E-state index < -0.39 is 72.0 Å². The number of methoxy groups -OCH3 is 1. The Kier molecular flexibility index (Phi) is 48.0. The van der Waals surface area contributed by atoms with Gasteiger partial charge in [0.15, 0.2) is 11.6 Å². The third kappa shape index (κ3) is 36.1. The van der Waals surface area contributed by atoms with Crippen molar-refractivity contribution in [3.63, 3.8) is 0 Å². The molecule has 3 aromatic rings. The summed E-state index contributed by atoms with van der Waals surface area (Å²) < 4.78 is 39.7. The van der Waals surface area contributed by atoms with Crippen LogP contribution in [-0.2, 0) is 87.6 Å². The molecule has 3 saturated heterocycles. The normalized spacial score (nSPS) is 17.0. The van der Waals surface area contributed by atoms with Crippen molar-refractivity contribution in [2.45, 2.75) is 216 Å². The van der Waals surface area contributed by atoms with Gasteiger partial charge in [-0.2, -0.15) is 0 Å². The van der Waals surface area contributed by atoms with Crippen LogP contribution in [0.25, 0.3) is 0 Å². The van der Waals surface area contributed by atoms with E-state index in [0.29, 0.717) is 135 Å². The zero-order valence-corrected chi connectivity index (χ0v) is 76.6. The molecule has 0 saturated carbocycles. The molecule has 0 bridgehead atoms. The van der Waals surface area contributed by atoms with Gasteiger partial charge >= 0.3 is 12.1 Å². The van der Waals surface area contributed by atoms with Gasteiger partial charge < -0.3 is 85.0 Å². The second kappa shape index (κ2) is 56.3. The smallest absolute Gasteiger partial charge is 0.411 e. The third-order valence-corrected chi connectivity index (χ3v) is 24.0. The van der Waals surface area contributed by atoms with Crippen LogP contribution in [0.5, 0.6) is 0 Å². The molecule has 3 aliphatic rings. The number of aromatic nitrogens is 1. The van der Waals surface area contributed by atoms with Crippen molar-refractivity contribution in [1.82, 2.24) is 50.3 Å². The standard InChI is InChI=1S/C59H87N7O10S.C30H53N5O10.CH4/c1-13-39(6)54(51(75-12)35-52(71)66-26-17-20-48(66)47(36-67)40(7)49(69)33-44(56-60-25-31-77-56)32-42-18-15-14-16-19-42)63(10)57(72)46(37(2)3)34-50(70)53(38(4)5)64(11)59(74)76-55(58(73)65-29-27-62(9)28-30-65)43-21-23-45(24-22-43)61-41(8)68;1-22(2)29(24(36)21-23(3)5-4-10-33-30(31)41)34-26(38)9-13-42-15-17-44-19-20-45-18-16-43-14-11-32-25(37)8-12-35-27(39)6-7-28(35)40;/h14-16,18-19,21-25,31,37-40,44,46-48,51,53-55,67H,13,17,20,26-30,32-36H2,1-12H3,(H,61,68);22-23,29H,4-21H2,1-3H3,(H,32,37)(H,34,38)(H3,31,33,41);1H4/t39-,40+,44+,46-,47+,48-,51+,53-,54-,55?;23-,29+;/m01./s1/i;;1T. The summed E-state index contributed by atoms with van der Waals surface area (Å²) in [5.74, 6) is -5.12. The summed E-state index contributed by atoms with van der Waals surface area (Å²) in [6.07, 6.45) is 3.98. The fourth-order valence-electron chi connectivity index (χ4n) is 15.8. The van der Waals surface area contributed by atoms with Crippen molar-refractivity contribution >= 4 is 93.8 Å². The number of aliphatic hydroxyl groups is 1. The Hall–Kier alpha value is -8.70. The Morgan fingerprint density at radius 1 is 0.707 bits per heavy atom. The highest BCUT2D eigenvalue weighted by molar-refractivity contribution is 7.09. The number of nitrogens with two attached hydrogens (primary N) is 1. The van der Waals surface area contributed by atoms with Crippen LogP contribution in [0.3, 0.4) is 0 Å². The van der Waals surface area contributed by atoms with Crippen molar-refractivity contribution in [3.8, 4) is 0 Å². The Labute approximate surface area is 734 Å². The van der Waals surface area contributed by atoms with Gasteiger partial charge in [-0.05, 0) is 86.4 Å². The largest absolute Gasteiger partial charge is 0.431 e. The average molecular weight is 1750 g/mol. The van der Waals surface area contributed by atoms with Crippen LogP contribution in [0.1, 0.15) is 197 Å². The molecule has 4 heterocycles. The number of rotatable bonds is 54. The van der Waals surface area contributed by atoms with Crippen molar-refractivity contribution in [2.75, 3.05) is 145 Å². The van der Waals surface area contributed by atoms with Crippen molar-refractivity contribution in [1.29, 1.82) is 0 Å². The number of primary amides is 1. The lowest BCUT2D eigenvalue weighted by Gasteiger charge is -2.41. The van der Waals surface area contributed by atoms with E-state index in [4.69, 9.17) is 35.5 Å². The van der Waals surface area contributed by atoms with Gasteiger partial charge in [0.25, 0.3) is 5.91 Å². The molecular weight excluding hydrogens is 1600 g/mol. The third-order valence-electron chi connectivity index (χ3n) is 23.1. The predicted molar refractivity (Wildman–Crippen MR) is 469 cm³/mol. The number of nitrogens with zero attached hydrogens (tertiary/aromatic N) is 7. The molecule has 0 radical (unpaired) electrons. The number of piperazine rings is 1. The van der Waals surface area contributed by atoms with Crippen molar-refractivity contribution < 1.29 is 97.2 Å². The maximum Gasteiger partial charge on any atom is 0.411 e. The van der Waals surface area contributed by atoms with Crippen LogP contribution in [-0.4, -0.2) is 287 Å². The van der Waals surface area contributed by atoms with Crippen LogP contribution in [0.15, 0.2) is 66.2 Å². The molecule has 1 aromatic heterocycles. The number of hydrogen-bond acceptors (Lipinski definition) is 23. The fourth-order valence-corrected chi connectivity index (χ4v) is 16.6. The number of carbonyl (C=O) groups is 13. The Morgan fingerprint density at radius 2 is 1.33 bits per heavy atom. The lowest BCUT2D eigenvalue weighted by atomic mass is 9.80. The highest BCUT2D eigenvalue weighted by Crippen LogP contribution is 2.36. The van der Waals surface area contributed by atoms with Gasteiger partial charge in [0.1, 0.15) is 5.78 Å². The number of benzene rings is 2. The quantitative estimate of drug-likeness (QED) is 0.0227. The monoisotopic (exact) mass is 1750 g/mol. The number of aliphatic hydroxyl groups excluding tert-OH is 1. The average Bonchev–Trinajstić information content (AvgIpc) is 1.10. The van der Waals surface area contributed by atoms with E-state index in [0.717, 1.165) is 28.3 Å². The number of ketones is 3. The molecule has 12 atom stereocenters. The van der Waals surface area contributed by atoms with Gasteiger partial charge in [-0.3, -0.25) is 57.6 Å². The van der Waals surface area contributed by atoms with Crippen LogP contribution >= 0.6 is 11.3 Å².